The van der Waals surface area contributed by atoms with Gasteiger partial charge in [-0.15, -0.1) is 0 Å². The van der Waals surface area contributed by atoms with E-state index in [1.807, 2.05) is 12.4 Å². The van der Waals surface area contributed by atoms with Crippen LogP contribution in [0.15, 0.2) is 18.5 Å². The van der Waals surface area contributed by atoms with Crippen molar-refractivity contribution in [2.45, 2.75) is 39.2 Å². The number of imidazole rings is 1. The van der Waals surface area contributed by atoms with Crippen LogP contribution >= 0.6 is 0 Å². The Balaban J connectivity index is 2.28. The number of hydrogen-bond acceptors (Lipinski definition) is 2. The lowest BCUT2D eigenvalue weighted by Gasteiger charge is -2.13. The fourth-order valence-corrected chi connectivity index (χ4v) is 1.99. The zero-order valence-electron chi connectivity index (χ0n) is 9.07. The SMILES string of the molecule is CCCn1ccnc1C1=CC(=O)CCC1. The van der Waals surface area contributed by atoms with Crippen LogP contribution in [0.2, 0.25) is 0 Å². The van der Waals surface area contributed by atoms with Gasteiger partial charge in [0.15, 0.2) is 5.78 Å². The molecule has 1 aromatic heterocycles. The second-order valence-electron chi connectivity index (χ2n) is 3.93. The predicted molar refractivity (Wildman–Crippen MR) is 59.4 cm³/mol. The molecule has 0 saturated heterocycles. The summed E-state index contributed by atoms with van der Waals surface area (Å²) in [4.78, 5) is 15.7. The van der Waals surface area contributed by atoms with Gasteiger partial charge in [-0.1, -0.05) is 6.92 Å². The lowest BCUT2D eigenvalue weighted by molar-refractivity contribution is -0.114. The minimum Gasteiger partial charge on any atom is -0.331 e. The Morgan fingerprint density at radius 1 is 1.47 bits per heavy atom. The zero-order chi connectivity index (χ0) is 10.7. The Kier molecular flexibility index (Phi) is 2.99. The lowest BCUT2D eigenvalue weighted by Crippen LogP contribution is -2.07. The highest BCUT2D eigenvalue weighted by Crippen LogP contribution is 2.24. The largest absolute Gasteiger partial charge is 0.331 e. The molecule has 0 unspecified atom stereocenters. The van der Waals surface area contributed by atoms with Gasteiger partial charge in [0.25, 0.3) is 0 Å². The fourth-order valence-electron chi connectivity index (χ4n) is 1.99. The van der Waals surface area contributed by atoms with Crippen molar-refractivity contribution < 1.29 is 4.79 Å². The molecule has 15 heavy (non-hydrogen) atoms. The lowest BCUT2D eigenvalue weighted by atomic mass is 9.98. The van der Waals surface area contributed by atoms with Gasteiger partial charge in [0.1, 0.15) is 5.82 Å². The number of carbonyl (C=O) groups is 1. The van der Waals surface area contributed by atoms with Crippen LogP contribution in [0.4, 0.5) is 0 Å². The molecule has 1 aliphatic carbocycles. The number of aromatic nitrogens is 2. The van der Waals surface area contributed by atoms with Crippen molar-refractivity contribution in [1.29, 1.82) is 0 Å². The molecule has 0 aliphatic heterocycles. The summed E-state index contributed by atoms with van der Waals surface area (Å²) < 4.78 is 2.13. The fraction of sp³-hybridized carbons (Fsp3) is 0.500. The van der Waals surface area contributed by atoms with Crippen LogP contribution in [0, 0.1) is 0 Å². The monoisotopic (exact) mass is 204 g/mol. The molecule has 1 aromatic rings. The summed E-state index contributed by atoms with van der Waals surface area (Å²) in [7, 11) is 0. The van der Waals surface area contributed by atoms with Crippen molar-refractivity contribution in [2.24, 2.45) is 0 Å². The van der Waals surface area contributed by atoms with Crippen LogP contribution in [0.25, 0.3) is 5.57 Å². The maximum atomic E-state index is 11.3. The Hall–Kier alpha value is -1.38. The highest BCUT2D eigenvalue weighted by molar-refractivity contribution is 5.97. The molecule has 3 heteroatoms. The molecule has 0 spiro atoms. The third-order valence-corrected chi connectivity index (χ3v) is 2.67. The molecule has 2 rings (SSSR count). The zero-order valence-corrected chi connectivity index (χ0v) is 9.07. The molecule has 0 fully saturated rings. The van der Waals surface area contributed by atoms with E-state index in [4.69, 9.17) is 0 Å². The maximum Gasteiger partial charge on any atom is 0.156 e. The molecule has 0 radical (unpaired) electrons. The molecule has 0 N–H and O–H groups in total. The number of carbonyl (C=O) groups excluding carboxylic acids is 1. The second-order valence-corrected chi connectivity index (χ2v) is 3.93. The van der Waals surface area contributed by atoms with Crippen molar-refractivity contribution in [3.8, 4) is 0 Å². The molecule has 0 saturated carbocycles. The number of nitrogens with zero attached hydrogens (tertiary/aromatic N) is 2. The average Bonchev–Trinajstić information content (AvgIpc) is 2.66. The van der Waals surface area contributed by atoms with Gasteiger partial charge >= 0.3 is 0 Å². The summed E-state index contributed by atoms with van der Waals surface area (Å²) in [6.07, 6.45) is 9.28. The van der Waals surface area contributed by atoms with Gasteiger partial charge in [0.05, 0.1) is 0 Å². The van der Waals surface area contributed by atoms with Crippen LogP contribution in [0.3, 0.4) is 0 Å². The molecular weight excluding hydrogens is 188 g/mol. The summed E-state index contributed by atoms with van der Waals surface area (Å²) in [5.41, 5.74) is 1.10. The quantitative estimate of drug-likeness (QED) is 0.758. The first-order chi connectivity index (χ1) is 7.31. The number of ketones is 1. The predicted octanol–water partition coefficient (Wildman–Crippen LogP) is 2.43. The first-order valence-corrected chi connectivity index (χ1v) is 5.56. The van der Waals surface area contributed by atoms with Crippen molar-refractivity contribution >= 4 is 11.4 Å². The van der Waals surface area contributed by atoms with Gasteiger partial charge in [-0.05, 0) is 30.9 Å². The minimum absolute atomic E-state index is 0.238. The van der Waals surface area contributed by atoms with Crippen LogP contribution in [0.5, 0.6) is 0 Å². The van der Waals surface area contributed by atoms with E-state index in [0.29, 0.717) is 6.42 Å². The minimum atomic E-state index is 0.238. The van der Waals surface area contributed by atoms with Gasteiger partial charge in [-0.3, -0.25) is 4.79 Å². The Morgan fingerprint density at radius 3 is 3.07 bits per heavy atom. The van der Waals surface area contributed by atoms with Gasteiger partial charge < -0.3 is 4.57 Å². The Morgan fingerprint density at radius 2 is 2.33 bits per heavy atom. The van der Waals surface area contributed by atoms with Crippen LogP contribution in [-0.4, -0.2) is 15.3 Å². The first kappa shape index (κ1) is 10.1. The Labute approximate surface area is 89.8 Å². The molecule has 80 valence electrons. The number of hydrogen-bond donors (Lipinski definition) is 0. The van der Waals surface area contributed by atoms with Crippen molar-refractivity contribution in [3.05, 3.63) is 24.3 Å². The van der Waals surface area contributed by atoms with E-state index in [2.05, 4.69) is 16.5 Å². The van der Waals surface area contributed by atoms with Crippen LogP contribution < -0.4 is 0 Å². The number of allylic oxidation sites excluding steroid dienone is 2. The molecular formula is C12H16N2O. The third kappa shape index (κ3) is 2.17. The molecule has 0 amide bonds. The smallest absolute Gasteiger partial charge is 0.156 e. The summed E-state index contributed by atoms with van der Waals surface area (Å²) >= 11 is 0. The highest BCUT2D eigenvalue weighted by Gasteiger charge is 2.14. The molecule has 1 heterocycles. The van der Waals surface area contributed by atoms with Crippen LogP contribution in [-0.2, 0) is 11.3 Å². The van der Waals surface area contributed by atoms with Gasteiger partial charge in [0, 0.05) is 25.4 Å². The van der Waals surface area contributed by atoms with Gasteiger partial charge in [-0.2, -0.15) is 0 Å². The third-order valence-electron chi connectivity index (χ3n) is 2.67. The molecule has 3 nitrogen and oxygen atoms in total. The van der Waals surface area contributed by atoms with Crippen molar-refractivity contribution in [1.82, 2.24) is 9.55 Å². The van der Waals surface area contributed by atoms with Crippen molar-refractivity contribution in [2.75, 3.05) is 0 Å². The molecule has 1 aliphatic rings. The van der Waals surface area contributed by atoms with E-state index >= 15 is 0 Å². The molecule has 0 bridgehead atoms. The summed E-state index contributed by atoms with van der Waals surface area (Å²) in [5, 5.41) is 0. The molecule has 0 atom stereocenters. The normalized spacial score (nSPS) is 16.6. The van der Waals surface area contributed by atoms with E-state index < -0.39 is 0 Å². The van der Waals surface area contributed by atoms with E-state index in [1.54, 1.807) is 6.08 Å². The summed E-state index contributed by atoms with van der Waals surface area (Å²) in [6, 6.07) is 0. The first-order valence-electron chi connectivity index (χ1n) is 5.56. The summed E-state index contributed by atoms with van der Waals surface area (Å²) in [6.45, 7) is 3.12. The standard InChI is InChI=1S/C12H16N2O/c1-2-7-14-8-6-13-12(14)10-4-3-5-11(15)9-10/h6,8-9H,2-5,7H2,1H3. The van der Waals surface area contributed by atoms with Crippen molar-refractivity contribution in [3.63, 3.8) is 0 Å². The topological polar surface area (TPSA) is 34.9 Å². The van der Waals surface area contributed by atoms with E-state index in [9.17, 15) is 4.79 Å². The van der Waals surface area contributed by atoms with Crippen LogP contribution in [0.1, 0.15) is 38.4 Å². The Bertz CT molecular complexity index is 390. The van der Waals surface area contributed by atoms with Gasteiger partial charge in [0.2, 0.25) is 0 Å². The summed E-state index contributed by atoms with van der Waals surface area (Å²) in [5.74, 6) is 1.21. The number of aryl methyl sites for hydroxylation is 1. The van der Waals surface area contributed by atoms with Gasteiger partial charge in [-0.25, -0.2) is 4.98 Å². The van der Waals surface area contributed by atoms with E-state index in [1.165, 1.54) is 0 Å². The second kappa shape index (κ2) is 4.43. The highest BCUT2D eigenvalue weighted by atomic mass is 16.1. The molecule has 0 aromatic carbocycles. The number of rotatable bonds is 3. The van der Waals surface area contributed by atoms with E-state index in [0.717, 1.165) is 37.2 Å². The average molecular weight is 204 g/mol. The van der Waals surface area contributed by atoms with E-state index in [-0.39, 0.29) is 5.78 Å². The maximum absolute atomic E-state index is 11.3.